The molecule has 2 heteroatoms. The smallest absolute Gasteiger partial charge is 0.0411 e. The zero-order valence-electron chi connectivity index (χ0n) is 7.74. The van der Waals surface area contributed by atoms with E-state index in [1.165, 1.54) is 19.3 Å². The summed E-state index contributed by atoms with van der Waals surface area (Å²) in [5.41, 5.74) is 0.613. The minimum absolute atomic E-state index is 0.237. The lowest BCUT2D eigenvalue weighted by Gasteiger charge is -2.38. The van der Waals surface area contributed by atoms with Crippen LogP contribution in [0.1, 0.15) is 33.1 Å². The third-order valence-electron chi connectivity index (χ3n) is 4.57. The SMILES string of the molecule is CC1(C)[C@H]2CC[C@]1(CCl)[C@@H](Cl)C2. The molecule has 0 aliphatic heterocycles. The van der Waals surface area contributed by atoms with E-state index in [1.807, 2.05) is 0 Å². The number of rotatable bonds is 1. The number of alkyl halides is 2. The van der Waals surface area contributed by atoms with Gasteiger partial charge < -0.3 is 0 Å². The molecule has 0 amide bonds. The predicted molar refractivity (Wildman–Crippen MR) is 53.9 cm³/mol. The second-order valence-electron chi connectivity index (χ2n) is 4.95. The maximum atomic E-state index is 6.37. The van der Waals surface area contributed by atoms with Crippen LogP contribution in [0.2, 0.25) is 0 Å². The van der Waals surface area contributed by atoms with E-state index in [0.717, 1.165) is 11.8 Å². The van der Waals surface area contributed by atoms with Crippen molar-refractivity contribution in [2.45, 2.75) is 38.5 Å². The average molecular weight is 207 g/mol. The molecule has 0 N–H and O–H groups in total. The molecule has 2 saturated carbocycles. The molecule has 2 aliphatic rings. The average Bonchev–Trinajstić information content (AvgIpc) is 2.36. The second-order valence-corrected chi connectivity index (χ2v) is 5.74. The van der Waals surface area contributed by atoms with Gasteiger partial charge in [-0.2, -0.15) is 0 Å². The third kappa shape index (κ3) is 0.812. The van der Waals surface area contributed by atoms with Crippen molar-refractivity contribution >= 4 is 23.2 Å². The summed E-state index contributed by atoms with van der Waals surface area (Å²) in [4.78, 5) is 0. The van der Waals surface area contributed by atoms with Crippen LogP contribution in [0.15, 0.2) is 0 Å². The van der Waals surface area contributed by atoms with E-state index in [0.29, 0.717) is 10.8 Å². The summed E-state index contributed by atoms with van der Waals surface area (Å²) in [6.07, 6.45) is 3.76. The van der Waals surface area contributed by atoms with Gasteiger partial charge >= 0.3 is 0 Å². The maximum absolute atomic E-state index is 6.37. The summed E-state index contributed by atoms with van der Waals surface area (Å²) in [7, 11) is 0. The molecule has 2 aliphatic carbocycles. The van der Waals surface area contributed by atoms with Crippen LogP contribution >= 0.6 is 23.2 Å². The normalized spacial score (nSPS) is 50.0. The Morgan fingerprint density at radius 3 is 2.33 bits per heavy atom. The molecule has 2 fully saturated rings. The molecule has 2 bridgehead atoms. The van der Waals surface area contributed by atoms with Crippen molar-refractivity contribution in [3.8, 4) is 0 Å². The standard InChI is InChI=1S/C10H16Cl2/c1-9(2)7-3-4-10(9,6-11)8(12)5-7/h7-8H,3-6H2,1-2H3/t7-,8-,10-/m0/s1. The van der Waals surface area contributed by atoms with Gasteiger partial charge in [-0.05, 0) is 30.6 Å². The van der Waals surface area contributed by atoms with Crippen molar-refractivity contribution in [3.05, 3.63) is 0 Å². The van der Waals surface area contributed by atoms with Crippen molar-refractivity contribution < 1.29 is 0 Å². The second kappa shape index (κ2) is 2.54. The van der Waals surface area contributed by atoms with Crippen LogP contribution in [0.4, 0.5) is 0 Å². The molecule has 0 unspecified atom stereocenters. The molecule has 0 spiro atoms. The Hall–Kier alpha value is 0.580. The molecular weight excluding hydrogens is 191 g/mol. The van der Waals surface area contributed by atoms with Gasteiger partial charge in [0.05, 0.1) is 0 Å². The van der Waals surface area contributed by atoms with Gasteiger partial charge in [0.25, 0.3) is 0 Å². The summed E-state index contributed by atoms with van der Waals surface area (Å²) in [6, 6.07) is 0. The first-order chi connectivity index (χ1) is 5.54. The van der Waals surface area contributed by atoms with Crippen LogP contribution in [0, 0.1) is 16.7 Å². The summed E-state index contributed by atoms with van der Waals surface area (Å²) in [5, 5.41) is 0.323. The van der Waals surface area contributed by atoms with Gasteiger partial charge in [0.15, 0.2) is 0 Å². The van der Waals surface area contributed by atoms with E-state index < -0.39 is 0 Å². The summed E-state index contributed by atoms with van der Waals surface area (Å²) < 4.78 is 0. The largest absolute Gasteiger partial charge is 0.126 e. The molecule has 2 rings (SSSR count). The molecule has 70 valence electrons. The monoisotopic (exact) mass is 206 g/mol. The fourth-order valence-corrected chi connectivity index (χ4v) is 4.72. The zero-order valence-corrected chi connectivity index (χ0v) is 9.25. The van der Waals surface area contributed by atoms with Gasteiger partial charge in [0.2, 0.25) is 0 Å². The Kier molecular flexibility index (Phi) is 1.94. The minimum atomic E-state index is 0.237. The predicted octanol–water partition coefficient (Wildman–Crippen LogP) is 3.66. The highest BCUT2D eigenvalue weighted by atomic mass is 35.5. The lowest BCUT2D eigenvalue weighted by molar-refractivity contribution is 0.159. The van der Waals surface area contributed by atoms with Crippen molar-refractivity contribution in [2.75, 3.05) is 5.88 Å². The Balaban J connectivity index is 2.39. The van der Waals surface area contributed by atoms with E-state index in [1.54, 1.807) is 0 Å². The van der Waals surface area contributed by atoms with Crippen LogP contribution in [0.5, 0.6) is 0 Å². The van der Waals surface area contributed by atoms with Crippen molar-refractivity contribution in [1.82, 2.24) is 0 Å². The lowest BCUT2D eigenvalue weighted by Crippen LogP contribution is -2.37. The minimum Gasteiger partial charge on any atom is -0.126 e. The molecule has 0 radical (unpaired) electrons. The zero-order chi connectivity index (χ0) is 8.98. The van der Waals surface area contributed by atoms with Gasteiger partial charge in [0, 0.05) is 16.7 Å². The molecule has 3 atom stereocenters. The Morgan fingerprint density at radius 1 is 1.42 bits per heavy atom. The molecule has 0 saturated heterocycles. The van der Waals surface area contributed by atoms with Crippen LogP contribution in [-0.2, 0) is 0 Å². The molecule has 0 aromatic heterocycles. The van der Waals surface area contributed by atoms with E-state index in [9.17, 15) is 0 Å². The van der Waals surface area contributed by atoms with Gasteiger partial charge in [-0.1, -0.05) is 13.8 Å². The van der Waals surface area contributed by atoms with Crippen LogP contribution in [0.3, 0.4) is 0 Å². The molecule has 12 heavy (non-hydrogen) atoms. The molecule has 0 heterocycles. The van der Waals surface area contributed by atoms with Crippen LogP contribution < -0.4 is 0 Å². The van der Waals surface area contributed by atoms with Crippen molar-refractivity contribution in [3.63, 3.8) is 0 Å². The quantitative estimate of drug-likeness (QED) is 0.575. The van der Waals surface area contributed by atoms with Crippen LogP contribution in [0.25, 0.3) is 0 Å². The summed E-state index contributed by atoms with van der Waals surface area (Å²) in [5.74, 6) is 1.56. The highest BCUT2D eigenvalue weighted by molar-refractivity contribution is 6.23. The van der Waals surface area contributed by atoms with Gasteiger partial charge in [0.1, 0.15) is 0 Å². The first-order valence-corrected chi connectivity index (χ1v) is 5.72. The van der Waals surface area contributed by atoms with Gasteiger partial charge in [-0.15, -0.1) is 23.2 Å². The summed E-state index contributed by atoms with van der Waals surface area (Å²) >= 11 is 12.5. The van der Waals surface area contributed by atoms with Crippen molar-refractivity contribution in [1.29, 1.82) is 0 Å². The Labute approximate surface area is 84.6 Å². The van der Waals surface area contributed by atoms with E-state index in [-0.39, 0.29) is 5.41 Å². The van der Waals surface area contributed by atoms with E-state index in [2.05, 4.69) is 13.8 Å². The molecule has 0 aromatic carbocycles. The Bertz CT molecular complexity index is 200. The van der Waals surface area contributed by atoms with E-state index >= 15 is 0 Å². The van der Waals surface area contributed by atoms with Gasteiger partial charge in [-0.3, -0.25) is 0 Å². The molecule has 0 aromatic rings. The first-order valence-electron chi connectivity index (χ1n) is 4.74. The number of halogens is 2. The Morgan fingerprint density at radius 2 is 2.08 bits per heavy atom. The maximum Gasteiger partial charge on any atom is 0.0411 e. The highest BCUT2D eigenvalue weighted by Crippen LogP contribution is 2.67. The number of fused-ring (bicyclic) bond motifs is 2. The fourth-order valence-electron chi connectivity index (χ4n) is 3.29. The topological polar surface area (TPSA) is 0 Å². The van der Waals surface area contributed by atoms with Gasteiger partial charge in [-0.25, -0.2) is 0 Å². The summed E-state index contributed by atoms with van der Waals surface area (Å²) in [6.45, 7) is 4.69. The number of hydrogen-bond acceptors (Lipinski definition) is 0. The van der Waals surface area contributed by atoms with Crippen molar-refractivity contribution in [2.24, 2.45) is 16.7 Å². The van der Waals surface area contributed by atoms with E-state index in [4.69, 9.17) is 23.2 Å². The molecular formula is C10H16Cl2. The molecule has 0 nitrogen and oxygen atoms in total. The fraction of sp³-hybridized carbons (Fsp3) is 1.00. The first kappa shape index (κ1) is 9.15. The lowest BCUT2D eigenvalue weighted by atomic mass is 9.70. The van der Waals surface area contributed by atoms with Crippen LogP contribution in [-0.4, -0.2) is 11.3 Å². The number of hydrogen-bond donors (Lipinski definition) is 0. The third-order valence-corrected chi connectivity index (χ3v) is 5.65. The highest BCUT2D eigenvalue weighted by Gasteiger charge is 2.62.